The molecule has 0 aromatic carbocycles. The molecule has 2 unspecified atom stereocenters. The van der Waals surface area contributed by atoms with Crippen LogP contribution < -0.4 is 5.32 Å². The summed E-state index contributed by atoms with van der Waals surface area (Å²) in [6.45, 7) is 4.99. The Bertz CT molecular complexity index is 1110. The molecule has 0 radical (unpaired) electrons. The molecule has 0 rings (SSSR count). The van der Waals surface area contributed by atoms with Gasteiger partial charge in [0, 0.05) is 12.8 Å². The van der Waals surface area contributed by atoms with Crippen molar-refractivity contribution in [1.82, 2.24) is 5.32 Å². The predicted molar refractivity (Wildman–Crippen MR) is 324 cm³/mol. The minimum absolute atomic E-state index is 0.0180. The topological polar surface area (TPSA) is 95.9 Å². The normalized spacial score (nSPS) is 12.5. The molecule has 74 heavy (non-hydrogen) atoms. The summed E-state index contributed by atoms with van der Waals surface area (Å²) in [4.78, 5) is 24.5. The molecule has 0 fully saturated rings. The monoisotopic (exact) mass is 1040 g/mol. The lowest BCUT2D eigenvalue weighted by molar-refractivity contribution is -0.143. The largest absolute Gasteiger partial charge is 0.466 e. The smallest absolute Gasteiger partial charge is 0.305 e. The fraction of sp³-hybridized carbons (Fsp3) is 0.941. The van der Waals surface area contributed by atoms with Gasteiger partial charge in [-0.1, -0.05) is 334 Å². The zero-order valence-electron chi connectivity index (χ0n) is 50.4. The van der Waals surface area contributed by atoms with Gasteiger partial charge in [0.05, 0.1) is 25.4 Å². The van der Waals surface area contributed by atoms with Crippen molar-refractivity contribution in [2.75, 3.05) is 13.2 Å². The Morgan fingerprint density at radius 2 is 0.635 bits per heavy atom. The van der Waals surface area contributed by atoms with Crippen LogP contribution in [0.2, 0.25) is 0 Å². The molecular formula is C68H133NO5. The fourth-order valence-corrected chi connectivity index (χ4v) is 10.9. The molecule has 0 spiro atoms. The van der Waals surface area contributed by atoms with E-state index in [1.807, 2.05) is 0 Å². The minimum Gasteiger partial charge on any atom is -0.466 e. The standard InChI is InChI=1S/C68H133NO5/c1-3-5-7-9-11-13-15-17-18-34-37-40-44-48-52-56-60-66(71)65(64-70)69-67(72)61-57-53-49-45-41-38-35-32-30-28-26-24-22-20-19-21-23-25-27-29-31-33-36-39-43-47-51-55-59-63-74-68(73)62-58-54-50-46-42-16-14-12-10-8-6-4-2/h19,21,65-66,70-71H,3-18,20,22-64H2,1-2H3,(H,69,72)/b21-19-. The van der Waals surface area contributed by atoms with Crippen molar-refractivity contribution in [1.29, 1.82) is 0 Å². The van der Waals surface area contributed by atoms with Gasteiger partial charge in [-0.25, -0.2) is 0 Å². The first kappa shape index (κ1) is 72.6. The number of carbonyl (C=O) groups is 2. The van der Waals surface area contributed by atoms with Gasteiger partial charge in [-0.05, 0) is 51.4 Å². The highest BCUT2D eigenvalue weighted by molar-refractivity contribution is 5.76. The van der Waals surface area contributed by atoms with E-state index in [1.54, 1.807) is 0 Å². The second kappa shape index (κ2) is 64.1. The summed E-state index contributed by atoms with van der Waals surface area (Å²) in [5.41, 5.74) is 0. The summed E-state index contributed by atoms with van der Waals surface area (Å²) in [6, 6.07) is -0.540. The van der Waals surface area contributed by atoms with Gasteiger partial charge in [0.1, 0.15) is 0 Å². The Labute approximate surface area is 463 Å². The predicted octanol–water partition coefficient (Wildman–Crippen LogP) is 21.6. The zero-order chi connectivity index (χ0) is 53.6. The van der Waals surface area contributed by atoms with Gasteiger partial charge >= 0.3 is 5.97 Å². The molecule has 0 aliphatic heterocycles. The second-order valence-corrected chi connectivity index (χ2v) is 23.5. The summed E-state index contributed by atoms with van der Waals surface area (Å²) in [7, 11) is 0. The van der Waals surface area contributed by atoms with Gasteiger partial charge in [0.2, 0.25) is 5.91 Å². The van der Waals surface area contributed by atoms with E-state index < -0.39 is 12.1 Å². The molecule has 2 atom stereocenters. The summed E-state index contributed by atoms with van der Waals surface area (Å²) >= 11 is 0. The van der Waals surface area contributed by atoms with Crippen molar-refractivity contribution in [3.05, 3.63) is 12.2 Å². The first-order chi connectivity index (χ1) is 36.5. The van der Waals surface area contributed by atoms with E-state index in [9.17, 15) is 19.8 Å². The van der Waals surface area contributed by atoms with Crippen LogP contribution in [0.15, 0.2) is 12.2 Å². The van der Waals surface area contributed by atoms with Gasteiger partial charge in [-0.2, -0.15) is 0 Å². The van der Waals surface area contributed by atoms with Crippen molar-refractivity contribution in [3.63, 3.8) is 0 Å². The number of rotatable bonds is 64. The van der Waals surface area contributed by atoms with Gasteiger partial charge in [-0.15, -0.1) is 0 Å². The molecule has 0 heterocycles. The third-order valence-electron chi connectivity index (χ3n) is 16.1. The Kier molecular flexibility index (Phi) is 62.9. The van der Waals surface area contributed by atoms with E-state index in [0.29, 0.717) is 25.9 Å². The highest BCUT2D eigenvalue weighted by Crippen LogP contribution is 2.19. The van der Waals surface area contributed by atoms with E-state index in [0.717, 1.165) is 38.5 Å². The van der Waals surface area contributed by atoms with E-state index in [-0.39, 0.29) is 18.5 Å². The SMILES string of the molecule is CCCCCCCCCCCCCCCCCCC(O)C(CO)NC(=O)CCCCCCCCCCCCCCC/C=C\CCCCCCCCCCCCCCOC(=O)CCCCCCCCCCCCCC. The Morgan fingerprint density at radius 3 is 0.959 bits per heavy atom. The number of esters is 1. The van der Waals surface area contributed by atoms with Crippen molar-refractivity contribution < 1.29 is 24.5 Å². The Morgan fingerprint density at radius 1 is 0.365 bits per heavy atom. The van der Waals surface area contributed by atoms with Crippen molar-refractivity contribution in [3.8, 4) is 0 Å². The average molecular weight is 1040 g/mol. The number of hydrogen-bond acceptors (Lipinski definition) is 5. The van der Waals surface area contributed by atoms with Crippen LogP contribution in [0.4, 0.5) is 0 Å². The van der Waals surface area contributed by atoms with Crippen molar-refractivity contribution in [2.45, 2.75) is 398 Å². The fourth-order valence-electron chi connectivity index (χ4n) is 10.9. The molecule has 0 saturated carbocycles. The lowest BCUT2D eigenvalue weighted by Crippen LogP contribution is -2.45. The third kappa shape index (κ3) is 59.8. The summed E-state index contributed by atoms with van der Waals surface area (Å²) in [5, 5.41) is 23.3. The number of allylic oxidation sites excluding steroid dienone is 2. The number of amides is 1. The molecule has 6 nitrogen and oxygen atoms in total. The van der Waals surface area contributed by atoms with Gasteiger partial charge < -0.3 is 20.3 Å². The van der Waals surface area contributed by atoms with Crippen LogP contribution in [0.5, 0.6) is 0 Å². The van der Waals surface area contributed by atoms with Crippen LogP contribution in [0.3, 0.4) is 0 Å². The molecule has 0 aromatic rings. The highest BCUT2D eigenvalue weighted by Gasteiger charge is 2.20. The molecule has 440 valence electrons. The maximum atomic E-state index is 12.5. The molecule has 3 N–H and O–H groups in total. The first-order valence-corrected chi connectivity index (χ1v) is 33.9. The van der Waals surface area contributed by atoms with Crippen LogP contribution >= 0.6 is 0 Å². The number of hydrogen-bond donors (Lipinski definition) is 3. The van der Waals surface area contributed by atoms with Crippen molar-refractivity contribution >= 4 is 11.9 Å². The Balaban J connectivity index is 3.36. The molecule has 0 saturated heterocycles. The van der Waals surface area contributed by atoms with E-state index in [4.69, 9.17) is 4.74 Å². The number of aliphatic hydroxyl groups excluding tert-OH is 2. The Hall–Kier alpha value is -1.40. The molecule has 0 aliphatic carbocycles. The van der Waals surface area contributed by atoms with Gasteiger partial charge in [0.15, 0.2) is 0 Å². The number of carbonyl (C=O) groups excluding carboxylic acids is 2. The highest BCUT2D eigenvalue weighted by atomic mass is 16.5. The van der Waals surface area contributed by atoms with Gasteiger partial charge in [-0.3, -0.25) is 9.59 Å². The lowest BCUT2D eigenvalue weighted by Gasteiger charge is -2.22. The molecule has 0 aliphatic rings. The van der Waals surface area contributed by atoms with Crippen molar-refractivity contribution in [2.24, 2.45) is 0 Å². The average Bonchev–Trinajstić information content (AvgIpc) is 3.40. The number of nitrogens with one attached hydrogen (secondary N) is 1. The van der Waals surface area contributed by atoms with Crippen LogP contribution in [0.25, 0.3) is 0 Å². The molecular weight excluding hydrogens is 911 g/mol. The number of unbranched alkanes of at least 4 members (excludes halogenated alkanes) is 51. The first-order valence-electron chi connectivity index (χ1n) is 33.9. The quantitative estimate of drug-likeness (QED) is 0.0320. The third-order valence-corrected chi connectivity index (χ3v) is 16.1. The number of aliphatic hydroxyl groups is 2. The number of ether oxygens (including phenoxy) is 1. The molecule has 6 heteroatoms. The van der Waals surface area contributed by atoms with Crippen LogP contribution in [-0.4, -0.2) is 47.4 Å². The molecule has 0 aromatic heterocycles. The maximum Gasteiger partial charge on any atom is 0.305 e. The van der Waals surface area contributed by atoms with Crippen LogP contribution in [-0.2, 0) is 14.3 Å². The summed E-state index contributed by atoms with van der Waals surface area (Å²) < 4.78 is 5.48. The molecule has 0 bridgehead atoms. The van der Waals surface area contributed by atoms with E-state index in [1.165, 1.54) is 315 Å². The minimum atomic E-state index is -0.663. The summed E-state index contributed by atoms with van der Waals surface area (Å²) in [6.07, 6.45) is 78.2. The molecule has 1 amide bonds. The van der Waals surface area contributed by atoms with E-state index in [2.05, 4.69) is 31.3 Å². The maximum absolute atomic E-state index is 12.5. The van der Waals surface area contributed by atoms with Crippen LogP contribution in [0, 0.1) is 0 Å². The second-order valence-electron chi connectivity index (χ2n) is 23.5. The zero-order valence-corrected chi connectivity index (χ0v) is 50.4. The van der Waals surface area contributed by atoms with E-state index >= 15 is 0 Å². The van der Waals surface area contributed by atoms with Crippen LogP contribution in [0.1, 0.15) is 386 Å². The van der Waals surface area contributed by atoms with Gasteiger partial charge in [0.25, 0.3) is 0 Å². The summed E-state index contributed by atoms with van der Waals surface area (Å²) in [5.74, 6) is -0.0127. The lowest BCUT2D eigenvalue weighted by atomic mass is 10.0.